The van der Waals surface area contributed by atoms with Crippen molar-refractivity contribution in [3.63, 3.8) is 0 Å². The number of nitrogens with zero attached hydrogens (tertiary/aromatic N) is 2. The molecule has 126 valence electrons. The number of hydrogen-bond donors (Lipinski definition) is 2. The molecule has 1 heterocycles. The van der Waals surface area contributed by atoms with Gasteiger partial charge in [-0.15, -0.1) is 0 Å². The third kappa shape index (κ3) is 3.59. The average molecular weight is 315 g/mol. The molecule has 0 bridgehead atoms. The molecule has 1 fully saturated rings. The van der Waals surface area contributed by atoms with Crippen molar-refractivity contribution in [1.29, 1.82) is 0 Å². The van der Waals surface area contributed by atoms with Crippen LogP contribution in [0, 0.1) is 5.92 Å². The summed E-state index contributed by atoms with van der Waals surface area (Å²) in [7, 11) is 2.09. The Labute approximate surface area is 138 Å². The molecule has 0 spiro atoms. The van der Waals surface area contributed by atoms with E-state index in [4.69, 9.17) is 4.98 Å². The second-order valence-corrected chi connectivity index (χ2v) is 6.92. The van der Waals surface area contributed by atoms with Crippen LogP contribution in [0.15, 0.2) is 24.3 Å². The van der Waals surface area contributed by atoms with Gasteiger partial charge in [0.15, 0.2) is 0 Å². The molecule has 4 heteroatoms. The number of hydrogen-bond acceptors (Lipinski definition) is 3. The van der Waals surface area contributed by atoms with Gasteiger partial charge in [0.25, 0.3) is 0 Å². The Morgan fingerprint density at radius 2 is 2.00 bits per heavy atom. The van der Waals surface area contributed by atoms with Crippen LogP contribution in [0.3, 0.4) is 0 Å². The van der Waals surface area contributed by atoms with E-state index in [9.17, 15) is 5.11 Å². The number of fused-ring (bicyclic) bond motifs is 1. The van der Waals surface area contributed by atoms with Gasteiger partial charge in [-0.25, -0.2) is 4.98 Å². The van der Waals surface area contributed by atoms with E-state index in [0.717, 1.165) is 17.8 Å². The van der Waals surface area contributed by atoms with Gasteiger partial charge in [-0.05, 0) is 44.2 Å². The van der Waals surface area contributed by atoms with Crippen LogP contribution in [0.1, 0.15) is 57.3 Å². The van der Waals surface area contributed by atoms with Gasteiger partial charge in [-0.3, -0.25) is 0 Å². The first-order chi connectivity index (χ1) is 11.2. The fourth-order valence-electron chi connectivity index (χ4n) is 4.08. The van der Waals surface area contributed by atoms with Gasteiger partial charge in [0.1, 0.15) is 5.82 Å². The highest BCUT2D eigenvalue weighted by Gasteiger charge is 2.26. The number of aliphatic hydroxyl groups is 1. The summed E-state index contributed by atoms with van der Waals surface area (Å²) >= 11 is 0. The van der Waals surface area contributed by atoms with Crippen LogP contribution in [-0.2, 0) is 7.05 Å². The molecule has 0 amide bonds. The van der Waals surface area contributed by atoms with E-state index in [1.165, 1.54) is 37.6 Å². The second-order valence-electron chi connectivity index (χ2n) is 6.92. The van der Waals surface area contributed by atoms with Gasteiger partial charge in [0.05, 0.1) is 17.1 Å². The van der Waals surface area contributed by atoms with Gasteiger partial charge in [-0.1, -0.05) is 31.4 Å². The maximum Gasteiger partial charge on any atom is 0.126 e. The van der Waals surface area contributed by atoms with Crippen molar-refractivity contribution < 1.29 is 5.11 Å². The lowest BCUT2D eigenvalue weighted by Gasteiger charge is -2.32. The summed E-state index contributed by atoms with van der Waals surface area (Å²) in [6, 6.07) is 8.85. The number of aliphatic hydroxyl groups excluding tert-OH is 1. The molecule has 1 saturated carbocycles. The first-order valence-corrected chi connectivity index (χ1v) is 8.99. The molecular weight excluding hydrogens is 286 g/mol. The number of rotatable bonds is 6. The highest BCUT2D eigenvalue weighted by atomic mass is 16.3. The maximum atomic E-state index is 9.46. The zero-order chi connectivity index (χ0) is 16.2. The molecule has 1 aliphatic carbocycles. The van der Waals surface area contributed by atoms with E-state index >= 15 is 0 Å². The zero-order valence-electron chi connectivity index (χ0n) is 14.3. The van der Waals surface area contributed by atoms with E-state index in [1.807, 2.05) is 6.07 Å². The summed E-state index contributed by atoms with van der Waals surface area (Å²) < 4.78 is 2.18. The molecule has 2 aromatic rings. The number of para-hydroxylation sites is 2. The number of aryl methyl sites for hydroxylation is 1. The van der Waals surface area contributed by atoms with E-state index in [-0.39, 0.29) is 12.6 Å². The molecule has 23 heavy (non-hydrogen) atoms. The molecule has 2 atom stereocenters. The number of benzene rings is 1. The Balaban J connectivity index is 1.76. The SMILES string of the molecule is CC(NC(CCO)C1CCCCC1)c1nc2ccccc2n1C. The van der Waals surface area contributed by atoms with Crippen LogP contribution in [-0.4, -0.2) is 27.3 Å². The number of nitrogens with one attached hydrogen (secondary N) is 1. The summed E-state index contributed by atoms with van der Waals surface area (Å²) in [5.74, 6) is 1.76. The Hall–Kier alpha value is -1.39. The monoisotopic (exact) mass is 315 g/mol. The van der Waals surface area contributed by atoms with E-state index in [2.05, 4.69) is 42.1 Å². The van der Waals surface area contributed by atoms with Crippen LogP contribution >= 0.6 is 0 Å². The van der Waals surface area contributed by atoms with Crippen molar-refractivity contribution in [2.75, 3.05) is 6.61 Å². The molecule has 2 unspecified atom stereocenters. The van der Waals surface area contributed by atoms with Crippen LogP contribution in [0.4, 0.5) is 0 Å². The minimum atomic E-state index is 0.186. The van der Waals surface area contributed by atoms with Crippen LogP contribution < -0.4 is 5.32 Å². The highest BCUT2D eigenvalue weighted by Crippen LogP contribution is 2.29. The van der Waals surface area contributed by atoms with E-state index < -0.39 is 0 Å². The molecule has 1 aromatic carbocycles. The molecule has 1 aromatic heterocycles. The fourth-order valence-corrected chi connectivity index (χ4v) is 4.08. The summed E-state index contributed by atoms with van der Waals surface area (Å²) in [5, 5.41) is 13.2. The lowest BCUT2D eigenvalue weighted by Crippen LogP contribution is -2.40. The predicted octanol–water partition coefficient (Wildman–Crippen LogP) is 3.56. The molecule has 0 radical (unpaired) electrons. The number of imidazole rings is 1. The standard InChI is InChI=1S/C19H29N3O/c1-14(19-21-17-10-6-7-11-18(17)22(19)2)20-16(12-13-23)15-8-4-3-5-9-15/h6-7,10-11,14-16,20,23H,3-5,8-9,12-13H2,1-2H3. The maximum absolute atomic E-state index is 9.46. The minimum absolute atomic E-state index is 0.186. The van der Waals surface area contributed by atoms with Crippen molar-refractivity contribution >= 4 is 11.0 Å². The Kier molecular flexibility index (Phi) is 5.34. The predicted molar refractivity (Wildman–Crippen MR) is 94.3 cm³/mol. The van der Waals surface area contributed by atoms with Crippen LogP contribution in [0.2, 0.25) is 0 Å². The van der Waals surface area contributed by atoms with Crippen molar-refractivity contribution in [3.05, 3.63) is 30.1 Å². The first-order valence-electron chi connectivity index (χ1n) is 8.99. The quantitative estimate of drug-likeness (QED) is 0.857. The van der Waals surface area contributed by atoms with Crippen molar-refractivity contribution in [2.45, 2.75) is 57.5 Å². The van der Waals surface area contributed by atoms with Crippen LogP contribution in [0.5, 0.6) is 0 Å². The Morgan fingerprint density at radius 3 is 2.70 bits per heavy atom. The van der Waals surface area contributed by atoms with Gasteiger partial charge in [0.2, 0.25) is 0 Å². The molecule has 4 nitrogen and oxygen atoms in total. The molecular formula is C19H29N3O. The van der Waals surface area contributed by atoms with Crippen molar-refractivity contribution in [2.24, 2.45) is 13.0 Å². The summed E-state index contributed by atoms with van der Waals surface area (Å²) in [5.41, 5.74) is 2.22. The van der Waals surface area contributed by atoms with E-state index in [1.54, 1.807) is 0 Å². The van der Waals surface area contributed by atoms with E-state index in [0.29, 0.717) is 12.0 Å². The smallest absolute Gasteiger partial charge is 0.126 e. The average Bonchev–Trinajstić information content (AvgIpc) is 2.93. The summed E-state index contributed by atoms with van der Waals surface area (Å²) in [6.45, 7) is 2.44. The van der Waals surface area contributed by atoms with Gasteiger partial charge in [0, 0.05) is 19.7 Å². The van der Waals surface area contributed by atoms with Crippen molar-refractivity contribution in [1.82, 2.24) is 14.9 Å². The normalized spacial score (nSPS) is 19.1. The topological polar surface area (TPSA) is 50.1 Å². The van der Waals surface area contributed by atoms with Gasteiger partial charge >= 0.3 is 0 Å². The molecule has 0 aliphatic heterocycles. The van der Waals surface area contributed by atoms with Gasteiger partial charge in [-0.2, -0.15) is 0 Å². The van der Waals surface area contributed by atoms with Gasteiger partial charge < -0.3 is 15.0 Å². The van der Waals surface area contributed by atoms with Crippen LogP contribution in [0.25, 0.3) is 11.0 Å². The fraction of sp³-hybridized carbons (Fsp3) is 0.632. The Bertz CT molecular complexity index is 631. The third-order valence-corrected chi connectivity index (χ3v) is 5.33. The molecule has 1 aliphatic rings. The van der Waals surface area contributed by atoms with Crippen molar-refractivity contribution in [3.8, 4) is 0 Å². The zero-order valence-corrected chi connectivity index (χ0v) is 14.3. The largest absolute Gasteiger partial charge is 0.396 e. The second kappa shape index (κ2) is 7.45. The molecule has 3 rings (SSSR count). The summed E-state index contributed by atoms with van der Waals surface area (Å²) in [6.07, 6.45) is 7.42. The lowest BCUT2D eigenvalue weighted by atomic mass is 9.82. The minimum Gasteiger partial charge on any atom is -0.396 e. The molecule has 0 saturated heterocycles. The molecule has 2 N–H and O–H groups in total. The number of aromatic nitrogens is 2. The third-order valence-electron chi connectivity index (χ3n) is 5.33. The summed E-state index contributed by atoms with van der Waals surface area (Å²) in [4.78, 5) is 4.81. The highest BCUT2D eigenvalue weighted by molar-refractivity contribution is 5.75. The first kappa shape index (κ1) is 16.5. The lowest BCUT2D eigenvalue weighted by molar-refractivity contribution is 0.196. The Morgan fingerprint density at radius 1 is 1.26 bits per heavy atom.